The molecule has 4 nitrogen and oxygen atoms in total. The second-order valence-electron chi connectivity index (χ2n) is 4.17. The van der Waals surface area contributed by atoms with Crippen molar-refractivity contribution < 1.29 is 12.8 Å². The van der Waals surface area contributed by atoms with Crippen molar-refractivity contribution in [2.24, 2.45) is 0 Å². The van der Waals surface area contributed by atoms with Crippen LogP contribution in [-0.4, -0.2) is 8.42 Å². The number of rotatable bonds is 4. The number of para-hydroxylation sites is 1. The molecule has 2 aromatic carbocycles. The summed E-state index contributed by atoms with van der Waals surface area (Å²) in [6.07, 6.45) is 0.0653. The average molecular weight is 325 g/mol. The summed E-state index contributed by atoms with van der Waals surface area (Å²) in [5.41, 5.74) is 0.834. The van der Waals surface area contributed by atoms with Crippen molar-refractivity contribution in [2.45, 2.75) is 11.3 Å². The van der Waals surface area contributed by atoms with Gasteiger partial charge in [-0.15, -0.1) is 0 Å². The summed E-state index contributed by atoms with van der Waals surface area (Å²) in [6.45, 7) is 0. The van der Waals surface area contributed by atoms with Crippen LogP contribution in [0.15, 0.2) is 47.4 Å². The highest BCUT2D eigenvalue weighted by atomic mass is 35.5. The van der Waals surface area contributed by atoms with Crippen LogP contribution in [0.3, 0.4) is 0 Å². The summed E-state index contributed by atoms with van der Waals surface area (Å²) in [6, 6.07) is 11.5. The quantitative estimate of drug-likeness (QED) is 0.937. The molecule has 1 N–H and O–H groups in total. The van der Waals surface area contributed by atoms with Gasteiger partial charge in [0.2, 0.25) is 0 Å². The number of nitrogens with zero attached hydrogens (tertiary/aromatic N) is 1. The van der Waals surface area contributed by atoms with Gasteiger partial charge in [0, 0.05) is 0 Å². The van der Waals surface area contributed by atoms with E-state index in [1.54, 1.807) is 24.3 Å². The zero-order chi connectivity index (χ0) is 15.5. The summed E-state index contributed by atoms with van der Waals surface area (Å²) in [4.78, 5) is -0.225. The maximum Gasteiger partial charge on any atom is 0.263 e. The molecule has 0 atom stereocenters. The van der Waals surface area contributed by atoms with Gasteiger partial charge in [-0.05, 0) is 29.8 Å². The Labute approximate surface area is 126 Å². The van der Waals surface area contributed by atoms with Crippen LogP contribution in [0.25, 0.3) is 0 Å². The smallest absolute Gasteiger partial charge is 0.263 e. The van der Waals surface area contributed by atoms with E-state index in [-0.39, 0.29) is 16.3 Å². The highest BCUT2D eigenvalue weighted by molar-refractivity contribution is 7.92. The van der Waals surface area contributed by atoms with Crippen molar-refractivity contribution in [3.05, 3.63) is 58.9 Å². The fourth-order valence-corrected chi connectivity index (χ4v) is 3.39. The number of benzene rings is 2. The maximum absolute atomic E-state index is 13.0. The first-order valence-corrected chi connectivity index (χ1v) is 7.73. The first-order chi connectivity index (χ1) is 9.94. The van der Waals surface area contributed by atoms with Crippen molar-refractivity contribution in [3.8, 4) is 6.07 Å². The molecule has 21 heavy (non-hydrogen) atoms. The molecule has 0 aliphatic carbocycles. The standard InChI is InChI=1S/C14H10ClFN2O2S/c15-12-9-11(16)5-6-14(12)21(19,20)18-13-4-2-1-3-10(13)7-8-17/h1-6,9,18H,7H2. The molecule has 0 unspecified atom stereocenters. The topological polar surface area (TPSA) is 70.0 Å². The monoisotopic (exact) mass is 324 g/mol. The molecule has 0 aliphatic rings. The van der Waals surface area contributed by atoms with E-state index >= 15 is 0 Å². The zero-order valence-electron chi connectivity index (χ0n) is 10.7. The lowest BCUT2D eigenvalue weighted by molar-refractivity contribution is 0.599. The molecule has 0 heterocycles. The minimum atomic E-state index is -3.96. The van der Waals surface area contributed by atoms with Gasteiger partial charge in [-0.2, -0.15) is 5.26 Å². The Kier molecular flexibility index (Phi) is 4.46. The number of nitriles is 1. The van der Waals surface area contributed by atoms with Gasteiger partial charge in [-0.1, -0.05) is 29.8 Å². The van der Waals surface area contributed by atoms with E-state index in [4.69, 9.17) is 16.9 Å². The fraction of sp³-hybridized carbons (Fsp3) is 0.0714. The second-order valence-corrected chi connectivity index (χ2v) is 6.23. The van der Waals surface area contributed by atoms with Crippen molar-refractivity contribution in [2.75, 3.05) is 4.72 Å². The van der Waals surface area contributed by atoms with Crippen LogP contribution in [0.5, 0.6) is 0 Å². The minimum Gasteiger partial charge on any atom is -0.279 e. The summed E-state index contributed by atoms with van der Waals surface area (Å²) in [7, 11) is -3.96. The van der Waals surface area contributed by atoms with E-state index in [2.05, 4.69) is 4.72 Å². The first kappa shape index (κ1) is 15.3. The SMILES string of the molecule is N#CCc1ccccc1NS(=O)(=O)c1ccc(F)cc1Cl. The zero-order valence-corrected chi connectivity index (χ0v) is 12.2. The Bertz CT molecular complexity index is 816. The van der Waals surface area contributed by atoms with Gasteiger partial charge in [0.05, 0.1) is 23.2 Å². The average Bonchev–Trinajstić information content (AvgIpc) is 2.40. The Morgan fingerprint density at radius 1 is 1.24 bits per heavy atom. The Morgan fingerprint density at radius 3 is 2.62 bits per heavy atom. The molecule has 7 heteroatoms. The number of sulfonamides is 1. The molecule has 2 aromatic rings. The van der Waals surface area contributed by atoms with Crippen molar-refractivity contribution in [1.29, 1.82) is 5.26 Å². The lowest BCUT2D eigenvalue weighted by atomic mass is 10.1. The van der Waals surface area contributed by atoms with Gasteiger partial charge in [0.15, 0.2) is 0 Å². The number of hydrogen-bond donors (Lipinski definition) is 1. The number of halogens is 2. The number of nitrogens with one attached hydrogen (secondary N) is 1. The molecule has 0 amide bonds. The predicted octanol–water partition coefficient (Wildman–Crippen LogP) is 3.35. The summed E-state index contributed by atoms with van der Waals surface area (Å²) < 4.78 is 39.9. The summed E-state index contributed by atoms with van der Waals surface area (Å²) in [5.74, 6) is -0.621. The van der Waals surface area contributed by atoms with Crippen LogP contribution in [-0.2, 0) is 16.4 Å². The van der Waals surface area contributed by atoms with Crippen LogP contribution in [0.4, 0.5) is 10.1 Å². The van der Waals surface area contributed by atoms with Gasteiger partial charge in [0.25, 0.3) is 10.0 Å². The fourth-order valence-electron chi connectivity index (χ4n) is 1.75. The van der Waals surface area contributed by atoms with E-state index < -0.39 is 15.8 Å². The predicted molar refractivity (Wildman–Crippen MR) is 78.0 cm³/mol. The highest BCUT2D eigenvalue weighted by Crippen LogP contribution is 2.26. The minimum absolute atomic E-state index is 0.0653. The lowest BCUT2D eigenvalue weighted by Gasteiger charge is -2.12. The van der Waals surface area contributed by atoms with E-state index in [0.717, 1.165) is 18.2 Å². The number of hydrogen-bond acceptors (Lipinski definition) is 3. The normalized spacial score (nSPS) is 10.9. The van der Waals surface area contributed by atoms with Crippen LogP contribution in [0.1, 0.15) is 5.56 Å². The van der Waals surface area contributed by atoms with Crippen LogP contribution in [0.2, 0.25) is 5.02 Å². The molecule has 0 fully saturated rings. The van der Waals surface area contributed by atoms with E-state index in [1.165, 1.54) is 0 Å². The van der Waals surface area contributed by atoms with Gasteiger partial charge in [-0.25, -0.2) is 12.8 Å². The van der Waals surface area contributed by atoms with Crippen molar-refractivity contribution >= 4 is 27.3 Å². The van der Waals surface area contributed by atoms with E-state index in [1.807, 2.05) is 6.07 Å². The molecular weight excluding hydrogens is 315 g/mol. The Balaban J connectivity index is 2.41. The molecule has 0 aromatic heterocycles. The van der Waals surface area contributed by atoms with Gasteiger partial charge in [-0.3, -0.25) is 4.72 Å². The van der Waals surface area contributed by atoms with Crippen LogP contribution in [0, 0.1) is 17.1 Å². The summed E-state index contributed by atoms with van der Waals surface area (Å²) >= 11 is 5.77. The third kappa shape index (κ3) is 3.51. The van der Waals surface area contributed by atoms with E-state index in [9.17, 15) is 12.8 Å². The molecule has 2 rings (SSSR count). The van der Waals surface area contributed by atoms with E-state index in [0.29, 0.717) is 11.3 Å². The molecule has 0 aliphatic heterocycles. The van der Waals surface area contributed by atoms with Crippen LogP contribution >= 0.6 is 11.6 Å². The molecule has 0 saturated heterocycles. The van der Waals surface area contributed by atoms with Gasteiger partial charge < -0.3 is 0 Å². The largest absolute Gasteiger partial charge is 0.279 e. The van der Waals surface area contributed by atoms with Gasteiger partial charge >= 0.3 is 0 Å². The molecular formula is C14H10ClFN2O2S. The lowest BCUT2D eigenvalue weighted by Crippen LogP contribution is -2.14. The third-order valence-electron chi connectivity index (χ3n) is 2.71. The first-order valence-electron chi connectivity index (χ1n) is 5.87. The highest BCUT2D eigenvalue weighted by Gasteiger charge is 2.19. The number of anilines is 1. The Hall–Kier alpha value is -2.10. The summed E-state index contributed by atoms with van der Waals surface area (Å²) in [5, 5.41) is 8.54. The van der Waals surface area contributed by atoms with Crippen LogP contribution < -0.4 is 4.72 Å². The molecule has 108 valence electrons. The molecule has 0 bridgehead atoms. The maximum atomic E-state index is 13.0. The molecule has 0 spiro atoms. The Morgan fingerprint density at radius 2 is 1.95 bits per heavy atom. The van der Waals surface area contributed by atoms with Crippen molar-refractivity contribution in [3.63, 3.8) is 0 Å². The molecule has 0 radical (unpaired) electrons. The molecule has 0 saturated carbocycles. The van der Waals surface area contributed by atoms with Crippen molar-refractivity contribution in [1.82, 2.24) is 0 Å². The third-order valence-corrected chi connectivity index (χ3v) is 4.56. The second kappa shape index (κ2) is 6.12. The van der Waals surface area contributed by atoms with Gasteiger partial charge in [0.1, 0.15) is 10.7 Å².